The van der Waals surface area contributed by atoms with Gasteiger partial charge in [-0.3, -0.25) is 4.79 Å². The highest BCUT2D eigenvalue weighted by molar-refractivity contribution is 5.75. The molecule has 0 heterocycles. The summed E-state index contributed by atoms with van der Waals surface area (Å²) in [6.07, 6.45) is 4.95. The van der Waals surface area contributed by atoms with Crippen molar-refractivity contribution >= 4 is 5.97 Å². The van der Waals surface area contributed by atoms with Gasteiger partial charge in [0.25, 0.3) is 0 Å². The Balaban J connectivity index is 2.55. The van der Waals surface area contributed by atoms with E-state index >= 15 is 0 Å². The van der Waals surface area contributed by atoms with Gasteiger partial charge in [-0.15, -0.1) is 0 Å². The summed E-state index contributed by atoms with van der Waals surface area (Å²) in [5, 5.41) is 9.57. The van der Waals surface area contributed by atoms with Gasteiger partial charge in [0.1, 0.15) is 0 Å². The number of hydrogen-bond acceptors (Lipinski definition) is 2. The third-order valence-electron chi connectivity index (χ3n) is 4.35. The number of carboxylic acids is 1. The second-order valence-electron chi connectivity index (χ2n) is 6.69. The van der Waals surface area contributed by atoms with Gasteiger partial charge in [0, 0.05) is 6.54 Å². The van der Waals surface area contributed by atoms with Crippen LogP contribution in [-0.4, -0.2) is 36.1 Å². The number of carbonyl (C=O) groups is 1. The first kappa shape index (κ1) is 15.5. The first-order chi connectivity index (χ1) is 8.35. The lowest BCUT2D eigenvalue weighted by atomic mass is 9.70. The standard InChI is InChI=1S/C15H29NO2/c1-12(2)7-10-16(4)11-15(14(17)18)8-5-13(3)6-9-15/h12-13H,5-11H2,1-4H3,(H,17,18). The van der Waals surface area contributed by atoms with Crippen molar-refractivity contribution in [1.29, 1.82) is 0 Å². The quantitative estimate of drug-likeness (QED) is 0.792. The largest absolute Gasteiger partial charge is 0.481 e. The molecule has 0 atom stereocenters. The van der Waals surface area contributed by atoms with Crippen molar-refractivity contribution in [2.75, 3.05) is 20.1 Å². The van der Waals surface area contributed by atoms with E-state index in [4.69, 9.17) is 0 Å². The Morgan fingerprint density at radius 2 is 1.94 bits per heavy atom. The number of rotatable bonds is 6. The minimum Gasteiger partial charge on any atom is -0.481 e. The van der Waals surface area contributed by atoms with Gasteiger partial charge in [-0.25, -0.2) is 0 Å². The van der Waals surface area contributed by atoms with E-state index < -0.39 is 11.4 Å². The van der Waals surface area contributed by atoms with Crippen LogP contribution in [0, 0.1) is 17.3 Å². The van der Waals surface area contributed by atoms with Gasteiger partial charge in [0.2, 0.25) is 0 Å². The summed E-state index contributed by atoms with van der Waals surface area (Å²) in [4.78, 5) is 13.8. The van der Waals surface area contributed by atoms with E-state index in [0.717, 1.165) is 38.6 Å². The maximum Gasteiger partial charge on any atom is 0.310 e. The van der Waals surface area contributed by atoms with E-state index in [-0.39, 0.29) is 0 Å². The van der Waals surface area contributed by atoms with Gasteiger partial charge in [0.05, 0.1) is 5.41 Å². The zero-order valence-electron chi connectivity index (χ0n) is 12.4. The number of carboxylic acid groups (broad SMARTS) is 1. The average Bonchev–Trinajstić information content (AvgIpc) is 2.29. The third kappa shape index (κ3) is 4.27. The van der Waals surface area contributed by atoms with Crippen molar-refractivity contribution in [2.45, 2.75) is 52.9 Å². The maximum atomic E-state index is 11.6. The lowest BCUT2D eigenvalue weighted by Gasteiger charge is -2.38. The maximum absolute atomic E-state index is 11.6. The van der Waals surface area contributed by atoms with Gasteiger partial charge in [0.15, 0.2) is 0 Å². The van der Waals surface area contributed by atoms with Crippen molar-refractivity contribution in [3.05, 3.63) is 0 Å². The highest BCUT2D eigenvalue weighted by Crippen LogP contribution is 2.39. The predicted octanol–water partition coefficient (Wildman–Crippen LogP) is 3.25. The minimum atomic E-state index is -0.592. The van der Waals surface area contributed by atoms with E-state index in [0.29, 0.717) is 18.4 Å². The summed E-state index contributed by atoms with van der Waals surface area (Å²) >= 11 is 0. The second kappa shape index (κ2) is 6.55. The molecule has 0 aliphatic heterocycles. The Labute approximate surface area is 112 Å². The topological polar surface area (TPSA) is 40.5 Å². The van der Waals surface area contributed by atoms with Crippen LogP contribution in [0.2, 0.25) is 0 Å². The van der Waals surface area contributed by atoms with E-state index in [9.17, 15) is 9.90 Å². The van der Waals surface area contributed by atoms with Gasteiger partial charge >= 0.3 is 5.97 Å². The Kier molecular flexibility index (Phi) is 5.64. The lowest BCUT2D eigenvalue weighted by Crippen LogP contribution is -2.44. The Morgan fingerprint density at radius 3 is 2.39 bits per heavy atom. The van der Waals surface area contributed by atoms with Crippen molar-refractivity contribution in [3.8, 4) is 0 Å². The SMILES string of the molecule is CC(C)CCN(C)CC1(C(=O)O)CCC(C)CC1. The Hall–Kier alpha value is -0.570. The molecule has 0 aromatic carbocycles. The number of nitrogens with zero attached hydrogens (tertiary/aromatic N) is 1. The van der Waals surface area contributed by atoms with Crippen molar-refractivity contribution in [1.82, 2.24) is 4.90 Å². The monoisotopic (exact) mass is 255 g/mol. The molecule has 0 amide bonds. The molecule has 1 aliphatic rings. The fourth-order valence-electron chi connectivity index (χ4n) is 2.83. The molecule has 0 aromatic rings. The van der Waals surface area contributed by atoms with E-state index in [2.05, 4.69) is 32.7 Å². The van der Waals surface area contributed by atoms with Crippen molar-refractivity contribution < 1.29 is 9.90 Å². The zero-order valence-corrected chi connectivity index (χ0v) is 12.4. The zero-order chi connectivity index (χ0) is 13.8. The summed E-state index contributed by atoms with van der Waals surface area (Å²) in [6.45, 7) is 8.37. The Bertz CT molecular complexity index is 268. The smallest absolute Gasteiger partial charge is 0.310 e. The summed E-state index contributed by atoms with van der Waals surface area (Å²) < 4.78 is 0. The first-order valence-corrected chi connectivity index (χ1v) is 7.27. The molecule has 1 aliphatic carbocycles. The average molecular weight is 255 g/mol. The second-order valence-corrected chi connectivity index (χ2v) is 6.69. The molecule has 3 nitrogen and oxygen atoms in total. The van der Waals surface area contributed by atoms with Crippen molar-refractivity contribution in [2.24, 2.45) is 17.3 Å². The molecule has 1 rings (SSSR count). The molecule has 0 saturated heterocycles. The van der Waals surface area contributed by atoms with Crippen LogP contribution in [0.5, 0.6) is 0 Å². The van der Waals surface area contributed by atoms with E-state index in [1.807, 2.05) is 0 Å². The van der Waals surface area contributed by atoms with Crippen LogP contribution in [-0.2, 0) is 4.79 Å². The van der Waals surface area contributed by atoms with Crippen molar-refractivity contribution in [3.63, 3.8) is 0 Å². The molecule has 0 bridgehead atoms. The molecule has 1 N–H and O–H groups in total. The van der Waals surface area contributed by atoms with Crippen LogP contribution >= 0.6 is 0 Å². The van der Waals surface area contributed by atoms with Crippen LogP contribution in [0.1, 0.15) is 52.9 Å². The minimum absolute atomic E-state index is 0.488. The van der Waals surface area contributed by atoms with Crippen LogP contribution in [0.25, 0.3) is 0 Å². The molecule has 18 heavy (non-hydrogen) atoms. The molecule has 3 heteroatoms. The van der Waals surface area contributed by atoms with Gasteiger partial charge in [-0.2, -0.15) is 0 Å². The molecule has 0 unspecified atom stereocenters. The molecule has 0 radical (unpaired) electrons. The lowest BCUT2D eigenvalue weighted by molar-refractivity contribution is -0.153. The van der Waals surface area contributed by atoms with Gasteiger partial charge < -0.3 is 10.0 Å². The van der Waals surface area contributed by atoms with E-state index in [1.165, 1.54) is 0 Å². The normalized spacial score (nSPS) is 28.9. The van der Waals surface area contributed by atoms with Crippen LogP contribution < -0.4 is 0 Å². The first-order valence-electron chi connectivity index (χ1n) is 7.27. The molecule has 106 valence electrons. The number of aliphatic carboxylic acids is 1. The van der Waals surface area contributed by atoms with Gasteiger partial charge in [-0.1, -0.05) is 20.8 Å². The van der Waals surface area contributed by atoms with E-state index in [1.54, 1.807) is 0 Å². The van der Waals surface area contributed by atoms with Crippen LogP contribution in [0.3, 0.4) is 0 Å². The molecular weight excluding hydrogens is 226 g/mol. The fourth-order valence-corrected chi connectivity index (χ4v) is 2.83. The van der Waals surface area contributed by atoms with Crippen LogP contribution in [0.4, 0.5) is 0 Å². The predicted molar refractivity (Wildman–Crippen MR) is 74.7 cm³/mol. The highest BCUT2D eigenvalue weighted by atomic mass is 16.4. The third-order valence-corrected chi connectivity index (χ3v) is 4.35. The Morgan fingerprint density at radius 1 is 1.39 bits per heavy atom. The van der Waals surface area contributed by atoms with Gasteiger partial charge in [-0.05, 0) is 57.5 Å². The highest BCUT2D eigenvalue weighted by Gasteiger charge is 2.41. The molecule has 0 aromatic heterocycles. The summed E-state index contributed by atoms with van der Waals surface area (Å²) in [7, 11) is 2.06. The molecule has 0 spiro atoms. The summed E-state index contributed by atoms with van der Waals surface area (Å²) in [6, 6.07) is 0. The molecular formula is C15H29NO2. The van der Waals surface area contributed by atoms with Crippen LogP contribution in [0.15, 0.2) is 0 Å². The fraction of sp³-hybridized carbons (Fsp3) is 0.933. The summed E-state index contributed by atoms with van der Waals surface area (Å²) in [5.41, 5.74) is -0.488. The number of hydrogen-bond donors (Lipinski definition) is 1. The summed E-state index contributed by atoms with van der Waals surface area (Å²) in [5.74, 6) is 0.781. The molecule has 1 saturated carbocycles. The molecule has 1 fully saturated rings.